The lowest BCUT2D eigenvalue weighted by Gasteiger charge is -2.17. The van der Waals surface area contributed by atoms with Gasteiger partial charge in [0.25, 0.3) is 5.91 Å². The Kier molecular flexibility index (Phi) is 8.29. The van der Waals surface area contributed by atoms with E-state index in [-0.39, 0.29) is 36.7 Å². The molecule has 3 amide bonds. The molecular weight excluding hydrogens is 422 g/mol. The highest BCUT2D eigenvalue weighted by molar-refractivity contribution is 6.00. The van der Waals surface area contributed by atoms with Gasteiger partial charge < -0.3 is 25.0 Å². The Bertz CT molecular complexity index is 957. The van der Waals surface area contributed by atoms with Crippen molar-refractivity contribution in [2.75, 3.05) is 36.5 Å². The zero-order valence-corrected chi connectivity index (χ0v) is 19.3. The molecule has 1 fully saturated rings. The standard InChI is InChI=1S/C25H31N3O5/c1-4-32-21-9-5-19(6-10-21)27-23(29)16-33-22-11-7-20(8-12-22)28-15-18(13-24(28)30)25(31)26-14-17(2)3/h5-12,17-18H,4,13-16H2,1-3H3,(H,26,31)(H,27,29). The number of carbonyl (C=O) groups is 3. The molecule has 1 atom stereocenters. The van der Waals surface area contributed by atoms with Gasteiger partial charge in [-0.1, -0.05) is 13.8 Å². The fourth-order valence-electron chi connectivity index (χ4n) is 3.45. The molecule has 0 radical (unpaired) electrons. The van der Waals surface area contributed by atoms with Crippen LogP contribution in [0, 0.1) is 11.8 Å². The Labute approximate surface area is 194 Å². The van der Waals surface area contributed by atoms with Gasteiger partial charge in [0.15, 0.2) is 6.61 Å². The maximum absolute atomic E-state index is 12.4. The van der Waals surface area contributed by atoms with Crippen molar-refractivity contribution in [2.24, 2.45) is 11.8 Å². The minimum absolute atomic E-state index is 0.0805. The Hall–Kier alpha value is -3.55. The summed E-state index contributed by atoms with van der Waals surface area (Å²) in [5.74, 6) is 0.815. The Balaban J connectivity index is 1.48. The lowest BCUT2D eigenvalue weighted by molar-refractivity contribution is -0.126. The summed E-state index contributed by atoms with van der Waals surface area (Å²) in [5, 5.41) is 5.66. The number of hydrogen-bond donors (Lipinski definition) is 2. The minimum atomic E-state index is -0.349. The van der Waals surface area contributed by atoms with Gasteiger partial charge in [0, 0.05) is 30.9 Å². The van der Waals surface area contributed by atoms with Crippen molar-refractivity contribution in [3.05, 3.63) is 48.5 Å². The normalized spacial score (nSPS) is 15.5. The van der Waals surface area contributed by atoms with E-state index in [0.29, 0.717) is 42.7 Å². The largest absolute Gasteiger partial charge is 0.494 e. The third kappa shape index (κ3) is 6.97. The van der Waals surface area contributed by atoms with Gasteiger partial charge in [-0.25, -0.2) is 0 Å². The average molecular weight is 454 g/mol. The van der Waals surface area contributed by atoms with E-state index in [0.717, 1.165) is 5.75 Å². The Morgan fingerprint density at radius 2 is 1.67 bits per heavy atom. The highest BCUT2D eigenvalue weighted by atomic mass is 16.5. The number of carbonyl (C=O) groups excluding carboxylic acids is 3. The van der Waals surface area contributed by atoms with Crippen LogP contribution in [0.15, 0.2) is 48.5 Å². The quantitative estimate of drug-likeness (QED) is 0.576. The first-order chi connectivity index (χ1) is 15.9. The summed E-state index contributed by atoms with van der Waals surface area (Å²) < 4.78 is 10.9. The molecule has 33 heavy (non-hydrogen) atoms. The fraction of sp³-hybridized carbons (Fsp3) is 0.400. The molecule has 2 aromatic rings. The number of benzene rings is 2. The Morgan fingerprint density at radius 1 is 1.03 bits per heavy atom. The summed E-state index contributed by atoms with van der Waals surface area (Å²) in [7, 11) is 0. The first-order valence-electron chi connectivity index (χ1n) is 11.2. The maximum Gasteiger partial charge on any atom is 0.262 e. The molecule has 3 rings (SSSR count). The van der Waals surface area contributed by atoms with Crippen molar-refractivity contribution >= 4 is 29.1 Å². The summed E-state index contributed by atoms with van der Waals surface area (Å²) in [4.78, 5) is 38.5. The second-order valence-corrected chi connectivity index (χ2v) is 8.33. The molecule has 0 spiro atoms. The van der Waals surface area contributed by atoms with E-state index in [4.69, 9.17) is 9.47 Å². The number of rotatable bonds is 10. The van der Waals surface area contributed by atoms with E-state index in [1.54, 1.807) is 53.4 Å². The van der Waals surface area contributed by atoms with E-state index >= 15 is 0 Å². The SMILES string of the molecule is CCOc1ccc(NC(=O)COc2ccc(N3CC(C(=O)NCC(C)C)CC3=O)cc2)cc1. The first-order valence-corrected chi connectivity index (χ1v) is 11.2. The van der Waals surface area contributed by atoms with Crippen LogP contribution in [-0.2, 0) is 14.4 Å². The smallest absolute Gasteiger partial charge is 0.262 e. The number of anilines is 2. The molecule has 0 bridgehead atoms. The molecule has 0 aromatic heterocycles. The molecule has 2 aromatic carbocycles. The molecule has 1 saturated heterocycles. The number of hydrogen-bond acceptors (Lipinski definition) is 5. The van der Waals surface area contributed by atoms with Crippen molar-refractivity contribution in [2.45, 2.75) is 27.2 Å². The third-order valence-corrected chi connectivity index (χ3v) is 5.15. The topological polar surface area (TPSA) is 97.0 Å². The first kappa shape index (κ1) is 24.1. The number of nitrogens with one attached hydrogen (secondary N) is 2. The molecule has 1 unspecified atom stereocenters. The summed E-state index contributed by atoms with van der Waals surface area (Å²) in [6, 6.07) is 14.0. The second-order valence-electron chi connectivity index (χ2n) is 8.33. The molecular formula is C25H31N3O5. The number of nitrogens with zero attached hydrogens (tertiary/aromatic N) is 1. The van der Waals surface area contributed by atoms with Crippen LogP contribution < -0.4 is 25.0 Å². The number of ether oxygens (including phenoxy) is 2. The van der Waals surface area contributed by atoms with Crippen LogP contribution in [0.25, 0.3) is 0 Å². The predicted molar refractivity (Wildman–Crippen MR) is 126 cm³/mol. The summed E-state index contributed by atoms with van der Waals surface area (Å²) in [6.07, 6.45) is 0.202. The van der Waals surface area contributed by atoms with Gasteiger partial charge in [-0.2, -0.15) is 0 Å². The van der Waals surface area contributed by atoms with Crippen LogP contribution in [0.2, 0.25) is 0 Å². The van der Waals surface area contributed by atoms with Crippen molar-refractivity contribution in [1.29, 1.82) is 0 Å². The van der Waals surface area contributed by atoms with Crippen LogP contribution in [0.1, 0.15) is 27.2 Å². The predicted octanol–water partition coefficient (Wildman–Crippen LogP) is 3.23. The molecule has 1 aliphatic heterocycles. The van der Waals surface area contributed by atoms with Crippen LogP contribution in [0.5, 0.6) is 11.5 Å². The molecule has 176 valence electrons. The fourth-order valence-corrected chi connectivity index (χ4v) is 3.45. The van der Waals surface area contributed by atoms with Crippen molar-refractivity contribution in [3.8, 4) is 11.5 Å². The molecule has 1 heterocycles. The second kappa shape index (κ2) is 11.4. The monoisotopic (exact) mass is 453 g/mol. The van der Waals surface area contributed by atoms with E-state index in [1.165, 1.54) is 0 Å². The van der Waals surface area contributed by atoms with Gasteiger partial charge in [0.1, 0.15) is 11.5 Å². The van der Waals surface area contributed by atoms with E-state index in [2.05, 4.69) is 10.6 Å². The van der Waals surface area contributed by atoms with E-state index in [1.807, 2.05) is 20.8 Å². The lowest BCUT2D eigenvalue weighted by Crippen LogP contribution is -2.35. The molecule has 8 nitrogen and oxygen atoms in total. The van der Waals surface area contributed by atoms with Gasteiger partial charge in [0.05, 0.1) is 12.5 Å². The van der Waals surface area contributed by atoms with Crippen LogP contribution in [0.4, 0.5) is 11.4 Å². The van der Waals surface area contributed by atoms with Gasteiger partial charge >= 0.3 is 0 Å². The zero-order valence-electron chi connectivity index (χ0n) is 19.3. The summed E-state index contributed by atoms with van der Waals surface area (Å²) in [6.45, 7) is 7.35. The summed E-state index contributed by atoms with van der Waals surface area (Å²) >= 11 is 0. The molecule has 0 aliphatic carbocycles. The van der Waals surface area contributed by atoms with Crippen molar-refractivity contribution in [1.82, 2.24) is 5.32 Å². The van der Waals surface area contributed by atoms with Gasteiger partial charge in [-0.3, -0.25) is 14.4 Å². The minimum Gasteiger partial charge on any atom is -0.494 e. The zero-order chi connectivity index (χ0) is 23.8. The van der Waals surface area contributed by atoms with Crippen molar-refractivity contribution in [3.63, 3.8) is 0 Å². The van der Waals surface area contributed by atoms with E-state index < -0.39 is 0 Å². The van der Waals surface area contributed by atoms with Crippen LogP contribution in [0.3, 0.4) is 0 Å². The average Bonchev–Trinajstić information content (AvgIpc) is 3.19. The molecule has 2 N–H and O–H groups in total. The molecule has 1 aliphatic rings. The maximum atomic E-state index is 12.4. The van der Waals surface area contributed by atoms with Crippen LogP contribution in [-0.4, -0.2) is 44.0 Å². The highest BCUT2D eigenvalue weighted by Gasteiger charge is 2.35. The van der Waals surface area contributed by atoms with Gasteiger partial charge in [-0.05, 0) is 61.4 Å². The highest BCUT2D eigenvalue weighted by Crippen LogP contribution is 2.27. The van der Waals surface area contributed by atoms with Gasteiger partial charge in [0.2, 0.25) is 11.8 Å². The van der Waals surface area contributed by atoms with Crippen LogP contribution >= 0.6 is 0 Å². The number of amides is 3. The van der Waals surface area contributed by atoms with E-state index in [9.17, 15) is 14.4 Å². The molecule has 0 saturated carbocycles. The lowest BCUT2D eigenvalue weighted by atomic mass is 10.1. The molecule has 8 heteroatoms. The Morgan fingerprint density at radius 3 is 2.30 bits per heavy atom. The third-order valence-electron chi connectivity index (χ3n) is 5.15. The van der Waals surface area contributed by atoms with Gasteiger partial charge in [-0.15, -0.1) is 0 Å². The summed E-state index contributed by atoms with van der Waals surface area (Å²) in [5.41, 5.74) is 1.35. The van der Waals surface area contributed by atoms with Crippen molar-refractivity contribution < 1.29 is 23.9 Å².